The molecule has 0 radical (unpaired) electrons. The van der Waals surface area contributed by atoms with E-state index in [-0.39, 0.29) is 24.1 Å². The van der Waals surface area contributed by atoms with Gasteiger partial charge >= 0.3 is 10.2 Å². The topological polar surface area (TPSA) is 88.5 Å². The van der Waals surface area contributed by atoms with E-state index < -0.39 is 10.2 Å². The van der Waals surface area contributed by atoms with Crippen LogP contribution in [0.2, 0.25) is 0 Å². The number of likely N-dealkylation sites (tertiary alicyclic amines) is 1. The van der Waals surface area contributed by atoms with Crippen LogP contribution in [0.15, 0.2) is 34.4 Å². The lowest BCUT2D eigenvalue weighted by Gasteiger charge is -2.28. The second kappa shape index (κ2) is 6.88. The van der Waals surface area contributed by atoms with E-state index in [1.54, 1.807) is 23.1 Å². The second-order valence-corrected chi connectivity index (χ2v) is 8.35. The van der Waals surface area contributed by atoms with E-state index in [4.69, 9.17) is 9.47 Å². The zero-order valence-electron chi connectivity index (χ0n) is 15.1. The lowest BCUT2D eigenvalue weighted by atomic mass is 10.1. The Bertz CT molecular complexity index is 930. The number of carbonyl (C=O) groups excluding carboxylic acids is 1. The number of benzene rings is 1. The molecule has 144 valence electrons. The third kappa shape index (κ3) is 3.39. The van der Waals surface area contributed by atoms with Crippen LogP contribution in [0.3, 0.4) is 0 Å². The predicted octanol–water partition coefficient (Wildman–Crippen LogP) is 1.68. The molecule has 1 saturated heterocycles. The SMILES string of the molecule is CN1C(C(=O)N2CCCCCC2)=CC(c2ccc3c(c2)OCO3)=NS1(=O)=O. The van der Waals surface area contributed by atoms with E-state index in [1.165, 1.54) is 13.1 Å². The van der Waals surface area contributed by atoms with E-state index >= 15 is 0 Å². The standard InChI is InChI=1S/C18H21N3O5S/c1-20-15(18(22)21-8-4-2-3-5-9-21)11-14(19-27(20,23)24)13-6-7-16-17(10-13)26-12-25-16/h6-7,10-11H,2-5,8-9,12H2,1H3. The Kier molecular flexibility index (Phi) is 4.55. The van der Waals surface area contributed by atoms with Gasteiger partial charge in [-0.1, -0.05) is 12.8 Å². The fourth-order valence-corrected chi connectivity index (χ4v) is 4.29. The van der Waals surface area contributed by atoms with Crippen molar-refractivity contribution in [2.45, 2.75) is 25.7 Å². The molecule has 0 aromatic heterocycles. The minimum absolute atomic E-state index is 0.111. The van der Waals surface area contributed by atoms with E-state index in [1.807, 2.05) is 0 Å². The summed E-state index contributed by atoms with van der Waals surface area (Å²) in [4.78, 5) is 14.7. The summed E-state index contributed by atoms with van der Waals surface area (Å²) < 4.78 is 40.5. The number of likely N-dealkylation sites (N-methyl/N-ethyl adjacent to an activating group) is 1. The third-order valence-electron chi connectivity index (χ3n) is 4.95. The second-order valence-electron chi connectivity index (χ2n) is 6.73. The van der Waals surface area contributed by atoms with E-state index in [2.05, 4.69) is 4.40 Å². The number of allylic oxidation sites excluding steroid dienone is 1. The predicted molar refractivity (Wildman–Crippen MR) is 98.9 cm³/mol. The first-order valence-electron chi connectivity index (χ1n) is 8.95. The van der Waals surface area contributed by atoms with Crippen LogP contribution in [0, 0.1) is 0 Å². The van der Waals surface area contributed by atoms with Crippen molar-refractivity contribution in [2.75, 3.05) is 26.9 Å². The van der Waals surface area contributed by atoms with Crippen LogP contribution < -0.4 is 9.47 Å². The highest BCUT2D eigenvalue weighted by molar-refractivity contribution is 7.88. The van der Waals surface area contributed by atoms with Crippen molar-refractivity contribution in [3.8, 4) is 11.5 Å². The summed E-state index contributed by atoms with van der Waals surface area (Å²) in [6.07, 6.45) is 5.56. The Morgan fingerprint density at radius 3 is 2.52 bits per heavy atom. The summed E-state index contributed by atoms with van der Waals surface area (Å²) in [5.41, 5.74) is 0.876. The number of hydrogen-bond donors (Lipinski definition) is 0. The van der Waals surface area contributed by atoms with E-state index in [9.17, 15) is 13.2 Å². The molecule has 0 saturated carbocycles. The Labute approximate surface area is 158 Å². The van der Waals surface area contributed by atoms with Gasteiger partial charge in [0.25, 0.3) is 5.91 Å². The maximum Gasteiger partial charge on any atom is 0.345 e. The van der Waals surface area contributed by atoms with Crippen molar-refractivity contribution >= 4 is 21.8 Å². The van der Waals surface area contributed by atoms with E-state index in [0.29, 0.717) is 30.2 Å². The summed E-state index contributed by atoms with van der Waals surface area (Å²) in [5, 5.41) is 0. The Morgan fingerprint density at radius 2 is 1.78 bits per heavy atom. The molecule has 3 aliphatic heterocycles. The fourth-order valence-electron chi connectivity index (χ4n) is 3.38. The van der Waals surface area contributed by atoms with Crippen LogP contribution in [0.5, 0.6) is 11.5 Å². The van der Waals surface area contributed by atoms with Gasteiger partial charge in [-0.2, -0.15) is 8.42 Å². The van der Waals surface area contributed by atoms with Gasteiger partial charge in [-0.3, -0.25) is 4.79 Å². The molecule has 8 nitrogen and oxygen atoms in total. The van der Waals surface area contributed by atoms with Crippen LogP contribution in [0.1, 0.15) is 31.2 Å². The van der Waals surface area contributed by atoms with Gasteiger partial charge in [0.2, 0.25) is 6.79 Å². The molecular weight excluding hydrogens is 370 g/mol. The van der Waals surface area contributed by atoms with Crippen molar-refractivity contribution in [3.63, 3.8) is 0 Å². The van der Waals surface area contributed by atoms with Gasteiger partial charge in [-0.25, -0.2) is 4.31 Å². The first-order chi connectivity index (χ1) is 13.0. The molecule has 0 bridgehead atoms. The summed E-state index contributed by atoms with van der Waals surface area (Å²) >= 11 is 0. The molecule has 0 spiro atoms. The zero-order chi connectivity index (χ0) is 19.0. The lowest BCUT2D eigenvalue weighted by Crippen LogP contribution is -2.41. The van der Waals surface area contributed by atoms with Crippen LogP contribution in [0.25, 0.3) is 0 Å². The first kappa shape index (κ1) is 17.8. The van der Waals surface area contributed by atoms with Crippen molar-refractivity contribution in [2.24, 2.45) is 4.40 Å². The molecule has 9 heteroatoms. The van der Waals surface area contributed by atoms with Crippen molar-refractivity contribution in [1.29, 1.82) is 0 Å². The van der Waals surface area contributed by atoms with Crippen LogP contribution in [0.4, 0.5) is 0 Å². The number of rotatable bonds is 2. The zero-order valence-corrected chi connectivity index (χ0v) is 15.9. The number of amides is 1. The molecule has 0 aliphatic carbocycles. The number of hydrogen-bond acceptors (Lipinski definition) is 5. The highest BCUT2D eigenvalue weighted by atomic mass is 32.2. The Morgan fingerprint density at radius 1 is 1.07 bits per heavy atom. The van der Waals surface area contributed by atoms with Gasteiger partial charge < -0.3 is 14.4 Å². The molecule has 0 atom stereocenters. The lowest BCUT2D eigenvalue weighted by molar-refractivity contribution is -0.128. The number of carbonyl (C=O) groups is 1. The maximum absolute atomic E-state index is 13.0. The smallest absolute Gasteiger partial charge is 0.345 e. The molecule has 1 aromatic carbocycles. The third-order valence-corrected chi connectivity index (χ3v) is 6.27. The summed E-state index contributed by atoms with van der Waals surface area (Å²) in [5.74, 6) is 0.844. The molecule has 1 fully saturated rings. The van der Waals surface area contributed by atoms with Crippen molar-refractivity contribution in [3.05, 3.63) is 35.5 Å². The average Bonchev–Trinajstić information content (AvgIpc) is 2.95. The quantitative estimate of drug-likeness (QED) is 0.765. The molecule has 0 N–H and O–H groups in total. The summed E-state index contributed by atoms with van der Waals surface area (Å²) in [6.45, 7) is 1.40. The van der Waals surface area contributed by atoms with Gasteiger partial charge in [0, 0.05) is 25.7 Å². The molecule has 0 unspecified atom stereocenters. The van der Waals surface area contributed by atoms with Crippen LogP contribution >= 0.6 is 0 Å². The van der Waals surface area contributed by atoms with Gasteiger partial charge in [0.1, 0.15) is 5.70 Å². The van der Waals surface area contributed by atoms with Crippen LogP contribution in [-0.2, 0) is 15.0 Å². The molecular formula is C18H21N3O5S. The Balaban J connectivity index is 1.70. The van der Waals surface area contributed by atoms with Gasteiger partial charge in [0.15, 0.2) is 11.5 Å². The molecule has 27 heavy (non-hydrogen) atoms. The first-order valence-corrected chi connectivity index (χ1v) is 10.4. The van der Waals surface area contributed by atoms with Crippen molar-refractivity contribution < 1.29 is 22.7 Å². The average molecular weight is 391 g/mol. The number of nitrogens with zero attached hydrogens (tertiary/aromatic N) is 3. The Hall–Kier alpha value is -2.55. The maximum atomic E-state index is 13.0. The minimum Gasteiger partial charge on any atom is -0.454 e. The molecule has 1 amide bonds. The summed E-state index contributed by atoms with van der Waals surface area (Å²) in [6, 6.07) is 5.08. The van der Waals surface area contributed by atoms with Gasteiger partial charge in [0.05, 0.1) is 5.71 Å². The fraction of sp³-hybridized carbons (Fsp3) is 0.444. The van der Waals surface area contributed by atoms with Gasteiger partial charge in [-0.05, 0) is 37.1 Å². The van der Waals surface area contributed by atoms with Crippen LogP contribution in [-0.4, -0.2) is 56.2 Å². The molecule has 1 aromatic rings. The molecule has 4 rings (SSSR count). The molecule has 3 aliphatic rings. The molecule has 3 heterocycles. The highest BCUT2D eigenvalue weighted by Gasteiger charge is 2.33. The largest absolute Gasteiger partial charge is 0.454 e. The van der Waals surface area contributed by atoms with Gasteiger partial charge in [-0.15, -0.1) is 4.40 Å². The number of fused-ring (bicyclic) bond motifs is 1. The van der Waals surface area contributed by atoms with Crippen molar-refractivity contribution in [1.82, 2.24) is 9.21 Å². The monoisotopic (exact) mass is 391 g/mol. The summed E-state index contributed by atoms with van der Waals surface area (Å²) in [7, 11) is -2.62. The normalized spacial score (nSPS) is 21.4. The minimum atomic E-state index is -3.98. The highest BCUT2D eigenvalue weighted by Crippen LogP contribution is 2.33. The number of ether oxygens (including phenoxy) is 2. The van der Waals surface area contributed by atoms with E-state index in [0.717, 1.165) is 30.0 Å².